The lowest BCUT2D eigenvalue weighted by Crippen LogP contribution is -2.38. The predicted octanol–water partition coefficient (Wildman–Crippen LogP) is 4.41. The van der Waals surface area contributed by atoms with Crippen LogP contribution in [0.25, 0.3) is 0 Å². The van der Waals surface area contributed by atoms with Gasteiger partial charge in [0.25, 0.3) is 0 Å². The number of pyridine rings is 1. The second-order valence-electron chi connectivity index (χ2n) is 8.94. The standard InChI is InChI=1S/C24H29FN4O/c1-24(2,3)23-18(14-26-28-23)15-29-11-12-30-22(16-29)21-10-6-8-19(27-21)13-17-7-4-5-9-20(17)25/h4-10,14,22H,11-13,15-16H2,1-3H3,(H,26,28)/t22-/m1/s1. The average Bonchev–Trinajstić information content (AvgIpc) is 3.19. The van der Waals surface area contributed by atoms with E-state index in [1.54, 1.807) is 12.1 Å². The van der Waals surface area contributed by atoms with E-state index >= 15 is 0 Å². The zero-order valence-corrected chi connectivity index (χ0v) is 17.9. The molecular formula is C24H29FN4O. The molecule has 3 aromatic rings. The molecule has 30 heavy (non-hydrogen) atoms. The third kappa shape index (κ3) is 4.77. The average molecular weight is 409 g/mol. The maximum Gasteiger partial charge on any atom is 0.126 e. The Morgan fingerprint density at radius 2 is 1.97 bits per heavy atom. The monoisotopic (exact) mass is 408 g/mol. The first kappa shape index (κ1) is 20.7. The van der Waals surface area contributed by atoms with Crippen molar-refractivity contribution in [3.05, 3.63) is 82.7 Å². The zero-order valence-electron chi connectivity index (χ0n) is 17.9. The van der Waals surface area contributed by atoms with E-state index in [0.29, 0.717) is 18.6 Å². The molecule has 158 valence electrons. The summed E-state index contributed by atoms with van der Waals surface area (Å²) in [5.41, 5.74) is 4.84. The van der Waals surface area contributed by atoms with Crippen LogP contribution in [0.3, 0.4) is 0 Å². The van der Waals surface area contributed by atoms with Crippen molar-refractivity contribution in [2.75, 3.05) is 19.7 Å². The van der Waals surface area contributed by atoms with Crippen molar-refractivity contribution in [3.63, 3.8) is 0 Å². The molecule has 0 saturated carbocycles. The number of benzene rings is 1. The molecule has 1 saturated heterocycles. The number of morpholine rings is 1. The van der Waals surface area contributed by atoms with Crippen LogP contribution < -0.4 is 0 Å². The highest BCUT2D eigenvalue weighted by Crippen LogP contribution is 2.27. The number of ether oxygens (including phenoxy) is 1. The van der Waals surface area contributed by atoms with Gasteiger partial charge in [0.05, 0.1) is 18.5 Å². The number of nitrogens with zero attached hydrogens (tertiary/aromatic N) is 3. The SMILES string of the molecule is CC(C)(C)c1[nH]ncc1CN1CCO[C@@H](c2cccc(Cc3ccccc3F)n2)C1. The number of aromatic nitrogens is 3. The third-order valence-electron chi connectivity index (χ3n) is 5.50. The Morgan fingerprint density at radius 3 is 2.77 bits per heavy atom. The quantitative estimate of drug-likeness (QED) is 0.680. The molecule has 1 aliphatic heterocycles. The highest BCUT2D eigenvalue weighted by atomic mass is 19.1. The molecule has 0 bridgehead atoms. The molecule has 0 amide bonds. The fourth-order valence-electron chi connectivity index (χ4n) is 3.96. The summed E-state index contributed by atoms with van der Waals surface area (Å²) >= 11 is 0. The molecule has 0 radical (unpaired) electrons. The van der Waals surface area contributed by atoms with Crippen LogP contribution in [0.15, 0.2) is 48.7 Å². The van der Waals surface area contributed by atoms with E-state index in [9.17, 15) is 4.39 Å². The molecule has 1 fully saturated rings. The second kappa shape index (κ2) is 8.66. The van der Waals surface area contributed by atoms with Gasteiger partial charge in [-0.05, 0) is 23.8 Å². The van der Waals surface area contributed by atoms with E-state index in [2.05, 4.69) is 35.9 Å². The van der Waals surface area contributed by atoms with Gasteiger partial charge >= 0.3 is 0 Å². The van der Waals surface area contributed by atoms with Crippen LogP contribution in [0, 0.1) is 5.82 Å². The van der Waals surface area contributed by atoms with Gasteiger partial charge in [0, 0.05) is 48.4 Å². The summed E-state index contributed by atoms with van der Waals surface area (Å²) in [5.74, 6) is -0.195. The first-order valence-corrected chi connectivity index (χ1v) is 10.5. The number of halogens is 1. The second-order valence-corrected chi connectivity index (χ2v) is 8.94. The van der Waals surface area contributed by atoms with Gasteiger partial charge in [-0.1, -0.05) is 45.0 Å². The molecule has 2 aromatic heterocycles. The van der Waals surface area contributed by atoms with Gasteiger partial charge in [0.15, 0.2) is 0 Å². The van der Waals surface area contributed by atoms with E-state index in [1.807, 2.05) is 30.5 Å². The lowest BCUT2D eigenvalue weighted by atomic mass is 9.89. The highest BCUT2D eigenvalue weighted by molar-refractivity contribution is 5.25. The number of hydrogen-bond acceptors (Lipinski definition) is 4. The van der Waals surface area contributed by atoms with Crippen LogP contribution in [0.5, 0.6) is 0 Å². The van der Waals surface area contributed by atoms with E-state index in [4.69, 9.17) is 9.72 Å². The van der Waals surface area contributed by atoms with Crippen molar-refractivity contribution < 1.29 is 9.13 Å². The van der Waals surface area contributed by atoms with Crippen molar-refractivity contribution in [3.8, 4) is 0 Å². The van der Waals surface area contributed by atoms with Crippen LogP contribution in [0.1, 0.15) is 55.1 Å². The number of nitrogens with one attached hydrogen (secondary N) is 1. The highest BCUT2D eigenvalue weighted by Gasteiger charge is 2.26. The van der Waals surface area contributed by atoms with Gasteiger partial charge < -0.3 is 4.74 Å². The number of rotatable bonds is 5. The molecular weight excluding hydrogens is 379 g/mol. The van der Waals surface area contributed by atoms with Gasteiger partial charge in [0.1, 0.15) is 11.9 Å². The smallest absolute Gasteiger partial charge is 0.126 e. The lowest BCUT2D eigenvalue weighted by molar-refractivity contribution is -0.0351. The summed E-state index contributed by atoms with van der Waals surface area (Å²) in [6.07, 6.45) is 2.31. The molecule has 0 spiro atoms. The maximum absolute atomic E-state index is 14.0. The summed E-state index contributed by atoms with van der Waals surface area (Å²) in [7, 11) is 0. The number of hydrogen-bond donors (Lipinski definition) is 1. The number of H-pyrrole nitrogens is 1. The van der Waals surface area contributed by atoms with Crippen molar-refractivity contribution in [1.29, 1.82) is 0 Å². The molecule has 6 heteroatoms. The molecule has 1 atom stereocenters. The van der Waals surface area contributed by atoms with E-state index in [-0.39, 0.29) is 17.3 Å². The molecule has 3 heterocycles. The third-order valence-corrected chi connectivity index (χ3v) is 5.50. The van der Waals surface area contributed by atoms with Crippen molar-refractivity contribution in [1.82, 2.24) is 20.1 Å². The van der Waals surface area contributed by atoms with Gasteiger partial charge in [-0.15, -0.1) is 0 Å². The van der Waals surface area contributed by atoms with Crippen molar-refractivity contribution in [2.24, 2.45) is 0 Å². The Bertz CT molecular complexity index is 995. The van der Waals surface area contributed by atoms with E-state index in [1.165, 1.54) is 17.3 Å². The maximum atomic E-state index is 14.0. The summed E-state index contributed by atoms with van der Waals surface area (Å²) in [6.45, 7) is 9.71. The summed E-state index contributed by atoms with van der Waals surface area (Å²) < 4.78 is 20.0. The summed E-state index contributed by atoms with van der Waals surface area (Å²) in [4.78, 5) is 7.17. The Hall–Kier alpha value is -2.57. The molecule has 1 aromatic carbocycles. The minimum Gasteiger partial charge on any atom is -0.369 e. The zero-order chi connectivity index (χ0) is 21.1. The van der Waals surface area contributed by atoms with Crippen LogP contribution in [-0.4, -0.2) is 39.8 Å². The Morgan fingerprint density at radius 1 is 1.13 bits per heavy atom. The number of aromatic amines is 1. The summed E-state index contributed by atoms with van der Waals surface area (Å²) in [6, 6.07) is 12.8. The minimum absolute atomic E-state index is 0.0279. The van der Waals surface area contributed by atoms with Crippen LogP contribution in [0.4, 0.5) is 4.39 Å². The topological polar surface area (TPSA) is 54.0 Å². The molecule has 0 aliphatic carbocycles. The largest absolute Gasteiger partial charge is 0.369 e. The van der Waals surface area contributed by atoms with Gasteiger partial charge in [-0.2, -0.15) is 5.10 Å². The van der Waals surface area contributed by atoms with Crippen molar-refractivity contribution >= 4 is 0 Å². The van der Waals surface area contributed by atoms with Crippen LogP contribution in [0.2, 0.25) is 0 Å². The fraction of sp³-hybridized carbons (Fsp3) is 0.417. The van der Waals surface area contributed by atoms with Crippen LogP contribution >= 0.6 is 0 Å². The van der Waals surface area contributed by atoms with E-state index in [0.717, 1.165) is 31.0 Å². The Kier molecular flexibility index (Phi) is 5.97. The minimum atomic E-state index is -0.195. The van der Waals surface area contributed by atoms with Gasteiger partial charge in [0.2, 0.25) is 0 Å². The first-order chi connectivity index (χ1) is 14.4. The predicted molar refractivity (Wildman–Crippen MR) is 115 cm³/mol. The van der Waals surface area contributed by atoms with Crippen molar-refractivity contribution in [2.45, 2.75) is 45.3 Å². The molecule has 4 rings (SSSR count). The summed E-state index contributed by atoms with van der Waals surface area (Å²) in [5, 5.41) is 7.43. The molecule has 1 aliphatic rings. The van der Waals surface area contributed by atoms with Crippen LogP contribution in [-0.2, 0) is 23.1 Å². The normalized spacial score (nSPS) is 17.9. The van der Waals surface area contributed by atoms with E-state index < -0.39 is 0 Å². The Labute approximate surface area is 177 Å². The Balaban J connectivity index is 1.46. The molecule has 0 unspecified atom stereocenters. The lowest BCUT2D eigenvalue weighted by Gasteiger charge is -2.33. The fourth-order valence-corrected chi connectivity index (χ4v) is 3.96. The van der Waals surface area contributed by atoms with Gasteiger partial charge in [-0.25, -0.2) is 4.39 Å². The first-order valence-electron chi connectivity index (χ1n) is 10.5. The molecule has 1 N–H and O–H groups in total. The van der Waals surface area contributed by atoms with Gasteiger partial charge in [-0.3, -0.25) is 15.0 Å². The molecule has 5 nitrogen and oxygen atoms in total.